The number of hydrogen-bond donors (Lipinski definition) is 1. The number of aromatic carboxylic acids is 1. The van der Waals surface area contributed by atoms with E-state index in [2.05, 4.69) is 17.1 Å². The zero-order chi connectivity index (χ0) is 13.8. The molecule has 0 aliphatic rings. The number of carbonyl (C=O) groups is 1. The molecule has 0 atom stereocenters. The molecule has 1 N–H and O–H groups in total. The summed E-state index contributed by atoms with van der Waals surface area (Å²) in [4.78, 5) is 12.4. The molecule has 0 bridgehead atoms. The predicted molar refractivity (Wildman–Crippen MR) is 70.6 cm³/mol. The summed E-state index contributed by atoms with van der Waals surface area (Å²) in [6.45, 7) is 2.26. The fraction of sp³-hybridized carbons (Fsp3) is 0.417. The molecule has 0 spiro atoms. The lowest BCUT2D eigenvalue weighted by atomic mass is 10.3. The van der Waals surface area contributed by atoms with Gasteiger partial charge in [0.05, 0.1) is 0 Å². The van der Waals surface area contributed by atoms with E-state index in [1.165, 1.54) is 11.3 Å². The van der Waals surface area contributed by atoms with E-state index in [1.807, 2.05) is 7.05 Å². The van der Waals surface area contributed by atoms with Crippen molar-refractivity contribution >= 4 is 17.3 Å². The van der Waals surface area contributed by atoms with E-state index < -0.39 is 5.97 Å². The van der Waals surface area contributed by atoms with Gasteiger partial charge >= 0.3 is 5.97 Å². The highest BCUT2D eigenvalue weighted by molar-refractivity contribution is 7.14. The van der Waals surface area contributed by atoms with E-state index in [-0.39, 0.29) is 11.5 Å². The van der Waals surface area contributed by atoms with Crippen LogP contribution in [0, 0.1) is 0 Å². The van der Waals surface area contributed by atoms with E-state index >= 15 is 0 Å². The van der Waals surface area contributed by atoms with Gasteiger partial charge in [0, 0.05) is 11.9 Å². The van der Waals surface area contributed by atoms with Gasteiger partial charge in [0.15, 0.2) is 10.7 Å². The molecular weight excluding hydrogens is 266 g/mol. The lowest BCUT2D eigenvalue weighted by Gasteiger charge is -2.04. The minimum atomic E-state index is -0.958. The minimum absolute atomic E-state index is 0.207. The van der Waals surface area contributed by atoms with Gasteiger partial charge in [0.2, 0.25) is 0 Å². The van der Waals surface area contributed by atoms with Gasteiger partial charge < -0.3 is 14.4 Å². The second-order valence-electron chi connectivity index (χ2n) is 4.11. The Morgan fingerprint density at radius 1 is 1.58 bits per heavy atom. The molecule has 0 radical (unpaired) electrons. The number of thiophene rings is 1. The maximum atomic E-state index is 11.2. The smallest absolute Gasteiger partial charge is 0.349 e. The second-order valence-corrected chi connectivity index (χ2v) is 5.24. The highest BCUT2D eigenvalue weighted by atomic mass is 32.1. The zero-order valence-electron chi connectivity index (χ0n) is 10.8. The first-order valence-corrected chi connectivity index (χ1v) is 6.75. The highest BCUT2D eigenvalue weighted by Gasteiger charge is 2.17. The van der Waals surface area contributed by atoms with Crippen molar-refractivity contribution in [2.75, 3.05) is 0 Å². The van der Waals surface area contributed by atoms with Crippen molar-refractivity contribution in [3.05, 3.63) is 28.0 Å². The molecule has 6 nitrogen and oxygen atoms in total. The Bertz CT molecular complexity index is 577. The lowest BCUT2D eigenvalue weighted by Crippen LogP contribution is -2.04. The topological polar surface area (TPSA) is 77.2 Å². The van der Waals surface area contributed by atoms with E-state index in [4.69, 9.17) is 9.84 Å². The standard InChI is InChI=1S/C12H15N3O3S/c1-3-4-8-5-9(11(19-8)12(16)17)18-6-10-14-13-7-15(10)2/h5,7H,3-4,6H2,1-2H3,(H,16,17). The van der Waals surface area contributed by atoms with E-state index in [0.717, 1.165) is 17.7 Å². The van der Waals surface area contributed by atoms with Crippen molar-refractivity contribution in [1.82, 2.24) is 14.8 Å². The Labute approximate surface area is 114 Å². The number of hydrogen-bond acceptors (Lipinski definition) is 5. The molecule has 7 heteroatoms. The third-order valence-corrected chi connectivity index (χ3v) is 3.77. The summed E-state index contributed by atoms with van der Waals surface area (Å²) < 4.78 is 7.29. The van der Waals surface area contributed by atoms with Crippen LogP contribution in [0.25, 0.3) is 0 Å². The average molecular weight is 281 g/mol. The number of rotatable bonds is 6. The van der Waals surface area contributed by atoms with Crippen LogP contribution in [-0.2, 0) is 20.1 Å². The summed E-state index contributed by atoms with van der Waals surface area (Å²) in [7, 11) is 1.81. The molecule has 0 amide bonds. The first kappa shape index (κ1) is 13.5. The van der Waals surface area contributed by atoms with Crippen molar-refractivity contribution in [2.24, 2.45) is 7.05 Å². The number of aryl methyl sites for hydroxylation is 2. The Morgan fingerprint density at radius 3 is 2.95 bits per heavy atom. The van der Waals surface area contributed by atoms with Gasteiger partial charge in [-0.1, -0.05) is 13.3 Å². The van der Waals surface area contributed by atoms with E-state index in [1.54, 1.807) is 17.0 Å². The highest BCUT2D eigenvalue weighted by Crippen LogP contribution is 2.30. The molecule has 2 heterocycles. The maximum absolute atomic E-state index is 11.2. The number of ether oxygens (including phenoxy) is 1. The summed E-state index contributed by atoms with van der Waals surface area (Å²) in [6, 6.07) is 1.80. The SMILES string of the molecule is CCCc1cc(OCc2nncn2C)c(C(=O)O)s1. The van der Waals surface area contributed by atoms with Gasteiger partial charge in [0.25, 0.3) is 0 Å². The van der Waals surface area contributed by atoms with Gasteiger partial charge in [-0.05, 0) is 12.5 Å². The molecule has 102 valence electrons. The van der Waals surface area contributed by atoms with Crippen molar-refractivity contribution in [3.63, 3.8) is 0 Å². The van der Waals surface area contributed by atoms with E-state index in [9.17, 15) is 4.79 Å². The van der Waals surface area contributed by atoms with Crippen molar-refractivity contribution < 1.29 is 14.6 Å². The van der Waals surface area contributed by atoms with Crippen molar-refractivity contribution in [2.45, 2.75) is 26.4 Å². The average Bonchev–Trinajstić information content (AvgIpc) is 2.94. The van der Waals surface area contributed by atoms with Crippen LogP contribution in [0.5, 0.6) is 5.75 Å². The fourth-order valence-corrected chi connectivity index (χ4v) is 2.67. The third-order valence-electron chi connectivity index (χ3n) is 2.60. The number of aromatic nitrogens is 3. The summed E-state index contributed by atoms with van der Waals surface area (Å²) in [6.07, 6.45) is 3.41. The van der Waals surface area contributed by atoms with Gasteiger partial charge in [-0.15, -0.1) is 21.5 Å². The molecule has 2 rings (SSSR count). The Kier molecular flexibility index (Phi) is 4.16. The van der Waals surface area contributed by atoms with Crippen LogP contribution in [-0.4, -0.2) is 25.8 Å². The van der Waals surface area contributed by atoms with Crippen LogP contribution in [0.2, 0.25) is 0 Å². The molecule has 2 aromatic heterocycles. The molecule has 2 aromatic rings. The molecule has 0 saturated carbocycles. The minimum Gasteiger partial charge on any atom is -0.484 e. The Hall–Kier alpha value is -1.89. The maximum Gasteiger partial charge on any atom is 0.349 e. The first-order valence-electron chi connectivity index (χ1n) is 5.93. The van der Waals surface area contributed by atoms with Gasteiger partial charge in [0.1, 0.15) is 18.7 Å². The molecule has 19 heavy (non-hydrogen) atoms. The lowest BCUT2D eigenvalue weighted by molar-refractivity contribution is 0.0697. The molecular formula is C12H15N3O3S. The number of nitrogens with zero attached hydrogens (tertiary/aromatic N) is 3. The zero-order valence-corrected chi connectivity index (χ0v) is 11.6. The summed E-state index contributed by atoms with van der Waals surface area (Å²) in [5.41, 5.74) is 0. The number of carboxylic acid groups (broad SMARTS) is 1. The van der Waals surface area contributed by atoms with Crippen LogP contribution in [0.4, 0.5) is 0 Å². The quantitative estimate of drug-likeness (QED) is 0.877. The van der Waals surface area contributed by atoms with Crippen LogP contribution in [0.1, 0.15) is 33.7 Å². The molecule has 0 aromatic carbocycles. The van der Waals surface area contributed by atoms with Gasteiger partial charge in [-0.3, -0.25) is 0 Å². The second kappa shape index (κ2) is 5.83. The molecule has 0 unspecified atom stereocenters. The normalized spacial score (nSPS) is 10.6. The van der Waals surface area contributed by atoms with Crippen LogP contribution in [0.3, 0.4) is 0 Å². The van der Waals surface area contributed by atoms with Gasteiger partial charge in [-0.2, -0.15) is 0 Å². The summed E-state index contributed by atoms with van der Waals surface area (Å²) in [5, 5.41) is 16.8. The fourth-order valence-electron chi connectivity index (χ4n) is 1.63. The van der Waals surface area contributed by atoms with Crippen LogP contribution in [0.15, 0.2) is 12.4 Å². The predicted octanol–water partition coefficient (Wildman–Crippen LogP) is 2.11. The Morgan fingerprint density at radius 2 is 2.37 bits per heavy atom. The largest absolute Gasteiger partial charge is 0.484 e. The molecule has 0 saturated heterocycles. The van der Waals surface area contributed by atoms with E-state index in [0.29, 0.717) is 11.6 Å². The van der Waals surface area contributed by atoms with Crippen molar-refractivity contribution in [3.8, 4) is 5.75 Å². The third kappa shape index (κ3) is 3.11. The van der Waals surface area contributed by atoms with Crippen LogP contribution < -0.4 is 4.74 Å². The monoisotopic (exact) mass is 281 g/mol. The first-order chi connectivity index (χ1) is 9.11. The summed E-state index contributed by atoms with van der Waals surface area (Å²) >= 11 is 1.27. The van der Waals surface area contributed by atoms with Gasteiger partial charge in [-0.25, -0.2) is 4.79 Å². The molecule has 0 aliphatic carbocycles. The molecule has 0 aliphatic heterocycles. The van der Waals surface area contributed by atoms with Crippen LogP contribution >= 0.6 is 11.3 Å². The van der Waals surface area contributed by atoms with Crippen molar-refractivity contribution in [1.29, 1.82) is 0 Å². The summed E-state index contributed by atoms with van der Waals surface area (Å²) in [5.74, 6) is 0.101. The molecule has 0 fully saturated rings. The number of carboxylic acids is 1. The Balaban J connectivity index is 2.14.